The number of hydrogen-bond acceptors (Lipinski definition) is 3. The van der Waals surface area contributed by atoms with E-state index in [9.17, 15) is 0 Å². The molecule has 0 aliphatic carbocycles. The molecule has 0 amide bonds. The predicted molar refractivity (Wildman–Crippen MR) is 195 cm³/mol. The van der Waals surface area contributed by atoms with Gasteiger partial charge in [-0.15, -0.1) is 0 Å². The standard InChI is InChI=1S/C42H27NOSSi/c1-2-13-28(14-3-1)43(33-17-12-19-35-42(33)32-16-4-6-18-34(32)44-35)29-25-26-31-30-15-5-9-22-38(30)46(41(31)27-29)39-23-10-7-20-36(39)45-37-21-8-11-24-40(37)46/h1-27H. The van der Waals surface area contributed by atoms with Gasteiger partial charge in [0.15, 0.2) is 8.07 Å². The fourth-order valence-corrected chi connectivity index (χ4v) is 15.3. The molecule has 2 nitrogen and oxygen atoms in total. The number of rotatable bonds is 3. The second-order valence-electron chi connectivity index (χ2n) is 12.0. The Morgan fingerprint density at radius 1 is 0.457 bits per heavy atom. The second kappa shape index (κ2) is 9.85. The maximum absolute atomic E-state index is 6.38. The molecule has 0 saturated heterocycles. The summed E-state index contributed by atoms with van der Waals surface area (Å²) >= 11 is 1.91. The van der Waals surface area contributed by atoms with Crippen LogP contribution in [0.3, 0.4) is 0 Å². The van der Waals surface area contributed by atoms with E-state index in [0.29, 0.717) is 0 Å². The highest BCUT2D eigenvalue weighted by atomic mass is 32.2. The molecule has 3 heterocycles. The Morgan fingerprint density at radius 2 is 1.09 bits per heavy atom. The summed E-state index contributed by atoms with van der Waals surface area (Å²) in [5, 5.41) is 8.16. The van der Waals surface area contributed by atoms with Crippen molar-refractivity contribution >= 4 is 79.6 Å². The minimum atomic E-state index is -2.63. The van der Waals surface area contributed by atoms with Gasteiger partial charge in [-0.25, -0.2) is 0 Å². The van der Waals surface area contributed by atoms with Crippen molar-refractivity contribution in [3.05, 3.63) is 164 Å². The summed E-state index contributed by atoms with van der Waals surface area (Å²) in [6.07, 6.45) is 0. The molecule has 216 valence electrons. The van der Waals surface area contributed by atoms with E-state index in [1.165, 1.54) is 41.7 Å². The Hall–Kier alpha value is -5.29. The molecule has 0 N–H and O–H groups in total. The summed E-state index contributed by atoms with van der Waals surface area (Å²) in [5.41, 5.74) is 7.89. The highest BCUT2D eigenvalue weighted by Gasteiger charge is 2.52. The highest BCUT2D eigenvalue weighted by molar-refractivity contribution is 8.00. The molecular weight excluding hydrogens is 595 g/mol. The van der Waals surface area contributed by atoms with Crippen molar-refractivity contribution in [2.75, 3.05) is 4.90 Å². The van der Waals surface area contributed by atoms with Crippen LogP contribution in [-0.4, -0.2) is 8.07 Å². The van der Waals surface area contributed by atoms with Crippen LogP contribution in [-0.2, 0) is 0 Å². The zero-order valence-electron chi connectivity index (χ0n) is 24.9. The first kappa shape index (κ1) is 26.0. The van der Waals surface area contributed by atoms with Crippen LogP contribution in [0.5, 0.6) is 0 Å². The molecule has 1 spiro atoms. The molecule has 1 aromatic heterocycles. The minimum absolute atomic E-state index is 0.895. The molecule has 7 aromatic carbocycles. The number of benzene rings is 7. The number of para-hydroxylation sites is 2. The first-order chi connectivity index (χ1) is 22.8. The van der Waals surface area contributed by atoms with Crippen LogP contribution in [0.25, 0.3) is 33.1 Å². The third-order valence-corrected chi connectivity index (χ3v) is 16.2. The lowest BCUT2D eigenvalue weighted by Gasteiger charge is -2.38. The highest BCUT2D eigenvalue weighted by Crippen LogP contribution is 2.44. The molecule has 0 bridgehead atoms. The van der Waals surface area contributed by atoms with Crippen LogP contribution in [0.2, 0.25) is 0 Å². The normalized spacial score (nSPS) is 13.7. The van der Waals surface area contributed by atoms with Crippen LogP contribution in [0.4, 0.5) is 17.1 Å². The lowest BCUT2D eigenvalue weighted by Crippen LogP contribution is -2.74. The Bertz CT molecular complexity index is 2440. The summed E-state index contributed by atoms with van der Waals surface area (Å²) in [4.78, 5) is 5.16. The van der Waals surface area contributed by atoms with E-state index in [4.69, 9.17) is 4.42 Å². The minimum Gasteiger partial charge on any atom is -0.456 e. The molecule has 0 radical (unpaired) electrons. The third-order valence-electron chi connectivity index (χ3n) is 9.72. The molecule has 4 heteroatoms. The SMILES string of the molecule is c1ccc(N(c2ccc3c(c2)[Si]2(c4ccccc4Sc4ccccc42)c2ccccc2-3)c2cccc3oc4ccccc4c23)cc1. The average Bonchev–Trinajstić information content (AvgIpc) is 3.64. The van der Waals surface area contributed by atoms with Crippen molar-refractivity contribution < 1.29 is 4.42 Å². The maximum atomic E-state index is 6.38. The molecule has 0 atom stereocenters. The Kier molecular flexibility index (Phi) is 5.56. The van der Waals surface area contributed by atoms with Crippen LogP contribution >= 0.6 is 11.8 Å². The van der Waals surface area contributed by atoms with Gasteiger partial charge in [0.25, 0.3) is 0 Å². The summed E-state index contributed by atoms with van der Waals surface area (Å²) < 4.78 is 6.38. The van der Waals surface area contributed by atoms with E-state index in [-0.39, 0.29) is 0 Å². The summed E-state index contributed by atoms with van der Waals surface area (Å²) in [7, 11) is -2.63. The zero-order valence-corrected chi connectivity index (χ0v) is 26.7. The molecule has 10 rings (SSSR count). The predicted octanol–water partition coefficient (Wildman–Crippen LogP) is 8.88. The molecule has 2 aliphatic rings. The molecule has 8 aromatic rings. The maximum Gasteiger partial charge on any atom is 0.183 e. The van der Waals surface area contributed by atoms with Crippen molar-refractivity contribution in [2.45, 2.75) is 9.79 Å². The molecule has 46 heavy (non-hydrogen) atoms. The van der Waals surface area contributed by atoms with E-state index < -0.39 is 8.07 Å². The Balaban J connectivity index is 1.30. The van der Waals surface area contributed by atoms with E-state index >= 15 is 0 Å². The topological polar surface area (TPSA) is 16.4 Å². The summed E-state index contributed by atoms with van der Waals surface area (Å²) in [5.74, 6) is 0. The van der Waals surface area contributed by atoms with Crippen molar-refractivity contribution in [1.82, 2.24) is 0 Å². The van der Waals surface area contributed by atoms with Gasteiger partial charge in [0, 0.05) is 26.6 Å². The summed E-state index contributed by atoms with van der Waals surface area (Å²) in [6.45, 7) is 0. The van der Waals surface area contributed by atoms with Crippen molar-refractivity contribution in [3.63, 3.8) is 0 Å². The van der Waals surface area contributed by atoms with E-state index in [0.717, 1.165) is 39.0 Å². The molecule has 0 unspecified atom stereocenters. The largest absolute Gasteiger partial charge is 0.456 e. The first-order valence-corrected chi connectivity index (χ1v) is 18.5. The van der Waals surface area contributed by atoms with E-state index in [1.807, 2.05) is 17.8 Å². The third kappa shape index (κ3) is 3.48. The molecule has 0 fully saturated rings. The molecule has 0 saturated carbocycles. The van der Waals surface area contributed by atoms with Gasteiger partial charge in [0.05, 0.1) is 11.1 Å². The van der Waals surface area contributed by atoms with Crippen molar-refractivity contribution in [3.8, 4) is 11.1 Å². The first-order valence-electron chi connectivity index (χ1n) is 15.7. The van der Waals surface area contributed by atoms with Gasteiger partial charge in [-0.2, -0.15) is 0 Å². The molecular formula is C42H27NOSSi. The van der Waals surface area contributed by atoms with Crippen LogP contribution < -0.4 is 25.6 Å². The monoisotopic (exact) mass is 621 g/mol. The van der Waals surface area contributed by atoms with E-state index in [2.05, 4.69) is 163 Å². The number of hydrogen-bond donors (Lipinski definition) is 0. The Morgan fingerprint density at radius 3 is 1.89 bits per heavy atom. The summed E-state index contributed by atoms with van der Waals surface area (Å²) in [6, 6.07) is 60.2. The van der Waals surface area contributed by atoms with Crippen molar-refractivity contribution in [2.24, 2.45) is 0 Å². The van der Waals surface area contributed by atoms with E-state index in [1.54, 1.807) is 0 Å². The van der Waals surface area contributed by atoms with Gasteiger partial charge in [-0.1, -0.05) is 121 Å². The number of furan rings is 1. The van der Waals surface area contributed by atoms with Gasteiger partial charge in [-0.3, -0.25) is 0 Å². The van der Waals surface area contributed by atoms with Gasteiger partial charge >= 0.3 is 0 Å². The van der Waals surface area contributed by atoms with Crippen molar-refractivity contribution in [1.29, 1.82) is 0 Å². The Labute approximate surface area is 272 Å². The number of nitrogens with zero attached hydrogens (tertiary/aromatic N) is 1. The number of anilines is 3. The fourth-order valence-electron chi connectivity index (χ4n) is 7.93. The van der Waals surface area contributed by atoms with Gasteiger partial charge in [0.2, 0.25) is 0 Å². The average molecular weight is 622 g/mol. The second-order valence-corrected chi connectivity index (χ2v) is 16.8. The van der Waals surface area contributed by atoms with Gasteiger partial charge in [-0.05, 0) is 86.5 Å². The molecule has 2 aliphatic heterocycles. The quantitative estimate of drug-likeness (QED) is 0.183. The van der Waals surface area contributed by atoms with Crippen LogP contribution in [0.15, 0.2) is 178 Å². The lowest BCUT2D eigenvalue weighted by molar-refractivity contribution is 0.669. The fraction of sp³-hybridized carbons (Fsp3) is 0. The van der Waals surface area contributed by atoms with Crippen LogP contribution in [0.1, 0.15) is 0 Å². The lowest BCUT2D eigenvalue weighted by atomic mass is 10.0. The van der Waals surface area contributed by atoms with Crippen LogP contribution in [0, 0.1) is 0 Å². The van der Waals surface area contributed by atoms with Gasteiger partial charge in [0.1, 0.15) is 11.2 Å². The zero-order chi connectivity index (χ0) is 30.2. The number of fused-ring (bicyclic) bond motifs is 12. The van der Waals surface area contributed by atoms with Gasteiger partial charge < -0.3 is 9.32 Å². The smallest absolute Gasteiger partial charge is 0.183 e.